The Morgan fingerprint density at radius 2 is 2.10 bits per heavy atom. The van der Waals surface area contributed by atoms with E-state index >= 15 is 0 Å². The van der Waals surface area contributed by atoms with Crippen LogP contribution in [0.1, 0.15) is 12.8 Å². The number of ether oxygens (including phenoxy) is 2. The minimum Gasteiger partial charge on any atom is -0.493 e. The molecule has 0 bridgehead atoms. The van der Waals surface area contributed by atoms with Crippen LogP contribution in [0.25, 0.3) is 0 Å². The van der Waals surface area contributed by atoms with E-state index in [4.69, 9.17) is 21.7 Å². The minimum absolute atomic E-state index is 0.684. The number of aromatic nitrogens is 2. The Balaban J connectivity index is 1.84. The molecule has 0 spiro atoms. The molecule has 21 heavy (non-hydrogen) atoms. The minimum atomic E-state index is 0.684. The number of rotatable bonds is 7. The molecule has 0 fully saturated rings. The maximum atomic E-state index is 5.36. The molecule has 0 saturated carbocycles. The molecule has 0 aliphatic rings. The Bertz CT molecular complexity index is 585. The second-order valence-corrected chi connectivity index (χ2v) is 5.01. The number of nitrogens with one attached hydrogen (secondary N) is 1. The van der Waals surface area contributed by atoms with E-state index in [0.29, 0.717) is 11.5 Å². The Kier molecular flexibility index (Phi) is 5.57. The zero-order valence-electron chi connectivity index (χ0n) is 12.2. The van der Waals surface area contributed by atoms with E-state index < -0.39 is 0 Å². The number of imidazole rings is 1. The van der Waals surface area contributed by atoms with Crippen LogP contribution in [-0.2, 0) is 6.54 Å². The maximum Gasteiger partial charge on any atom is 0.162 e. The largest absolute Gasteiger partial charge is 0.493 e. The molecule has 1 N–H and O–H groups in total. The predicted molar refractivity (Wildman–Crippen MR) is 87.2 cm³/mol. The third kappa shape index (κ3) is 4.46. The van der Waals surface area contributed by atoms with Crippen LogP contribution in [0.15, 0.2) is 36.9 Å². The van der Waals surface area contributed by atoms with E-state index in [9.17, 15) is 0 Å². The molecule has 0 unspecified atom stereocenters. The van der Waals surface area contributed by atoms with Crippen LogP contribution in [0.4, 0.5) is 5.69 Å². The summed E-state index contributed by atoms with van der Waals surface area (Å²) in [5.74, 6) is 1.39. The first-order valence-corrected chi connectivity index (χ1v) is 7.11. The summed E-state index contributed by atoms with van der Waals surface area (Å²) < 4.78 is 12.5. The van der Waals surface area contributed by atoms with Crippen molar-refractivity contribution in [3.05, 3.63) is 36.9 Å². The standard InChI is InChI=1S/C15H19N3O2S/c1-19-13-6-5-12(10-14(13)20-2)17-15(21)4-3-8-18-9-7-16-11-18/h5-7,9-11H,3-4,8H2,1-2H3,(H,17,21). The number of aryl methyl sites for hydroxylation is 1. The fourth-order valence-corrected chi connectivity index (χ4v) is 2.24. The van der Waals surface area contributed by atoms with Crippen LogP contribution in [0, 0.1) is 0 Å². The molecule has 1 heterocycles. The van der Waals surface area contributed by atoms with Gasteiger partial charge >= 0.3 is 0 Å². The molecular formula is C15H19N3O2S. The molecule has 0 radical (unpaired) electrons. The Labute approximate surface area is 129 Å². The third-order valence-electron chi connectivity index (χ3n) is 3.05. The summed E-state index contributed by atoms with van der Waals surface area (Å²) >= 11 is 5.36. The van der Waals surface area contributed by atoms with Gasteiger partial charge in [-0.15, -0.1) is 0 Å². The van der Waals surface area contributed by atoms with Gasteiger partial charge in [-0.05, 0) is 25.0 Å². The molecule has 0 amide bonds. The van der Waals surface area contributed by atoms with Crippen LogP contribution >= 0.6 is 12.2 Å². The first-order chi connectivity index (χ1) is 10.2. The summed E-state index contributed by atoms with van der Waals surface area (Å²) in [6.07, 6.45) is 7.33. The van der Waals surface area contributed by atoms with Crippen molar-refractivity contribution in [2.75, 3.05) is 19.5 Å². The topological polar surface area (TPSA) is 48.3 Å². The fourth-order valence-electron chi connectivity index (χ4n) is 1.98. The molecule has 0 aliphatic carbocycles. The van der Waals surface area contributed by atoms with Crippen molar-refractivity contribution in [3.8, 4) is 11.5 Å². The average molecular weight is 305 g/mol. The van der Waals surface area contributed by atoms with Gasteiger partial charge in [0.2, 0.25) is 0 Å². The first-order valence-electron chi connectivity index (χ1n) is 6.70. The predicted octanol–water partition coefficient (Wildman–Crippen LogP) is 3.12. The van der Waals surface area contributed by atoms with Crippen molar-refractivity contribution < 1.29 is 9.47 Å². The van der Waals surface area contributed by atoms with Gasteiger partial charge in [-0.3, -0.25) is 0 Å². The van der Waals surface area contributed by atoms with Gasteiger partial charge < -0.3 is 19.4 Å². The maximum absolute atomic E-state index is 5.36. The number of benzene rings is 1. The normalized spacial score (nSPS) is 10.2. The summed E-state index contributed by atoms with van der Waals surface area (Å²) in [5.41, 5.74) is 0.903. The fraction of sp³-hybridized carbons (Fsp3) is 0.333. The number of hydrogen-bond acceptors (Lipinski definition) is 4. The summed E-state index contributed by atoms with van der Waals surface area (Å²) in [6.45, 7) is 0.910. The highest BCUT2D eigenvalue weighted by molar-refractivity contribution is 7.80. The Morgan fingerprint density at radius 3 is 2.76 bits per heavy atom. The first kappa shape index (κ1) is 15.3. The highest BCUT2D eigenvalue weighted by Crippen LogP contribution is 2.29. The van der Waals surface area contributed by atoms with Gasteiger partial charge in [-0.2, -0.15) is 0 Å². The number of thiocarbonyl (C=S) groups is 1. The molecule has 2 aromatic rings. The van der Waals surface area contributed by atoms with E-state index in [1.165, 1.54) is 0 Å². The highest BCUT2D eigenvalue weighted by atomic mass is 32.1. The lowest BCUT2D eigenvalue weighted by Gasteiger charge is -2.12. The van der Waals surface area contributed by atoms with Gasteiger partial charge in [0.15, 0.2) is 11.5 Å². The smallest absolute Gasteiger partial charge is 0.162 e. The number of hydrogen-bond donors (Lipinski definition) is 1. The monoisotopic (exact) mass is 305 g/mol. The van der Waals surface area contributed by atoms with Crippen LogP contribution in [0.3, 0.4) is 0 Å². The number of nitrogens with zero attached hydrogens (tertiary/aromatic N) is 2. The lowest BCUT2D eigenvalue weighted by Crippen LogP contribution is -2.10. The zero-order chi connectivity index (χ0) is 15.1. The zero-order valence-corrected chi connectivity index (χ0v) is 13.0. The summed E-state index contributed by atoms with van der Waals surface area (Å²) in [6, 6.07) is 5.65. The Hall–Kier alpha value is -2.08. The van der Waals surface area contributed by atoms with E-state index in [-0.39, 0.29) is 0 Å². The quantitative estimate of drug-likeness (QED) is 0.796. The molecule has 112 valence electrons. The number of anilines is 1. The van der Waals surface area contributed by atoms with Crippen LogP contribution < -0.4 is 14.8 Å². The Morgan fingerprint density at radius 1 is 1.29 bits per heavy atom. The summed E-state index contributed by atoms with van der Waals surface area (Å²) in [7, 11) is 3.23. The van der Waals surface area contributed by atoms with Crippen LogP contribution in [0.5, 0.6) is 11.5 Å². The molecule has 0 aliphatic heterocycles. The molecule has 6 heteroatoms. The molecule has 0 atom stereocenters. The van der Waals surface area contributed by atoms with E-state index in [0.717, 1.165) is 30.1 Å². The van der Waals surface area contributed by atoms with Gasteiger partial charge in [0.05, 0.1) is 25.5 Å². The molecule has 1 aromatic heterocycles. The molecule has 0 saturated heterocycles. The molecule has 2 rings (SSSR count). The lowest BCUT2D eigenvalue weighted by molar-refractivity contribution is 0.355. The lowest BCUT2D eigenvalue weighted by atomic mass is 10.2. The highest BCUT2D eigenvalue weighted by Gasteiger charge is 2.05. The van der Waals surface area contributed by atoms with E-state index in [1.54, 1.807) is 20.4 Å². The van der Waals surface area contributed by atoms with E-state index in [2.05, 4.69) is 10.3 Å². The second-order valence-electron chi connectivity index (χ2n) is 4.52. The molecular weight excluding hydrogens is 286 g/mol. The average Bonchev–Trinajstić information content (AvgIpc) is 3.00. The van der Waals surface area contributed by atoms with Gasteiger partial charge in [-0.25, -0.2) is 4.98 Å². The van der Waals surface area contributed by atoms with Crippen molar-refractivity contribution in [1.82, 2.24) is 9.55 Å². The van der Waals surface area contributed by atoms with Crippen molar-refractivity contribution in [2.24, 2.45) is 0 Å². The van der Waals surface area contributed by atoms with Gasteiger partial charge in [0.25, 0.3) is 0 Å². The van der Waals surface area contributed by atoms with Crippen LogP contribution in [-0.4, -0.2) is 28.8 Å². The summed E-state index contributed by atoms with van der Waals surface area (Å²) in [5, 5.41) is 3.22. The van der Waals surface area contributed by atoms with Gasteiger partial charge in [-0.1, -0.05) is 12.2 Å². The van der Waals surface area contributed by atoms with Crippen molar-refractivity contribution in [2.45, 2.75) is 19.4 Å². The van der Waals surface area contributed by atoms with Crippen molar-refractivity contribution >= 4 is 22.9 Å². The second kappa shape index (κ2) is 7.64. The SMILES string of the molecule is COc1ccc(NC(=S)CCCn2ccnc2)cc1OC. The number of methoxy groups -OCH3 is 2. The van der Waals surface area contributed by atoms with E-state index in [1.807, 2.05) is 35.3 Å². The van der Waals surface area contributed by atoms with Crippen molar-refractivity contribution in [3.63, 3.8) is 0 Å². The van der Waals surface area contributed by atoms with Crippen LogP contribution in [0.2, 0.25) is 0 Å². The van der Waals surface area contributed by atoms with Crippen molar-refractivity contribution in [1.29, 1.82) is 0 Å². The summed E-state index contributed by atoms with van der Waals surface area (Å²) in [4.78, 5) is 4.82. The van der Waals surface area contributed by atoms with Gasteiger partial charge in [0, 0.05) is 30.7 Å². The third-order valence-corrected chi connectivity index (χ3v) is 3.35. The molecule has 5 nitrogen and oxygen atoms in total. The van der Waals surface area contributed by atoms with Gasteiger partial charge in [0.1, 0.15) is 0 Å². The molecule has 1 aromatic carbocycles.